The molecule has 1 saturated carbocycles. The lowest BCUT2D eigenvalue weighted by atomic mass is 9.79. The Kier molecular flexibility index (Phi) is 4.13. The zero-order chi connectivity index (χ0) is 14.1. The second-order valence-electron chi connectivity index (χ2n) is 5.75. The predicted molar refractivity (Wildman–Crippen MR) is 93.0 cm³/mol. The van der Waals surface area contributed by atoms with Crippen LogP contribution in [0, 0.1) is 10.5 Å². The van der Waals surface area contributed by atoms with Crippen molar-refractivity contribution in [1.82, 2.24) is 0 Å². The molecule has 0 spiro atoms. The molecule has 2 heteroatoms. The van der Waals surface area contributed by atoms with Gasteiger partial charge < -0.3 is 5.73 Å². The SMILES string of the molecule is Cc1cccc(C(N)c2cccc(C3CCC3)c2)c1I. The summed E-state index contributed by atoms with van der Waals surface area (Å²) < 4.78 is 1.28. The van der Waals surface area contributed by atoms with Gasteiger partial charge in [0.2, 0.25) is 0 Å². The molecule has 0 bridgehead atoms. The van der Waals surface area contributed by atoms with E-state index in [0.29, 0.717) is 0 Å². The number of aryl methyl sites for hydroxylation is 1. The van der Waals surface area contributed by atoms with E-state index in [1.807, 2.05) is 0 Å². The average Bonchev–Trinajstić information content (AvgIpc) is 2.40. The molecule has 0 heterocycles. The average molecular weight is 377 g/mol. The zero-order valence-electron chi connectivity index (χ0n) is 11.8. The molecule has 2 N–H and O–H groups in total. The maximum atomic E-state index is 6.51. The fourth-order valence-corrected chi connectivity index (χ4v) is 3.53. The highest BCUT2D eigenvalue weighted by molar-refractivity contribution is 14.1. The maximum absolute atomic E-state index is 6.51. The van der Waals surface area contributed by atoms with Crippen molar-refractivity contribution < 1.29 is 0 Å². The summed E-state index contributed by atoms with van der Waals surface area (Å²) in [6.45, 7) is 2.14. The van der Waals surface area contributed by atoms with Gasteiger partial charge in [0.05, 0.1) is 6.04 Å². The van der Waals surface area contributed by atoms with Gasteiger partial charge in [0, 0.05) is 3.57 Å². The summed E-state index contributed by atoms with van der Waals surface area (Å²) in [6.07, 6.45) is 4.04. The van der Waals surface area contributed by atoms with Gasteiger partial charge in [-0.15, -0.1) is 0 Å². The third-order valence-corrected chi connectivity index (χ3v) is 5.88. The maximum Gasteiger partial charge on any atom is 0.0562 e. The number of benzene rings is 2. The van der Waals surface area contributed by atoms with Crippen LogP contribution < -0.4 is 5.73 Å². The van der Waals surface area contributed by atoms with E-state index in [4.69, 9.17) is 5.73 Å². The van der Waals surface area contributed by atoms with E-state index in [1.54, 1.807) is 0 Å². The van der Waals surface area contributed by atoms with Crippen LogP contribution >= 0.6 is 22.6 Å². The minimum absolute atomic E-state index is 0.0261. The molecule has 0 radical (unpaired) electrons. The van der Waals surface area contributed by atoms with Crippen LogP contribution in [0.1, 0.15) is 53.5 Å². The smallest absolute Gasteiger partial charge is 0.0562 e. The van der Waals surface area contributed by atoms with Crippen molar-refractivity contribution in [2.45, 2.75) is 38.1 Å². The van der Waals surface area contributed by atoms with Crippen LogP contribution in [0.15, 0.2) is 42.5 Å². The molecular weight excluding hydrogens is 357 g/mol. The van der Waals surface area contributed by atoms with Crippen molar-refractivity contribution >= 4 is 22.6 Å². The van der Waals surface area contributed by atoms with Crippen LogP contribution in [0.3, 0.4) is 0 Å². The van der Waals surface area contributed by atoms with Crippen molar-refractivity contribution in [1.29, 1.82) is 0 Å². The Bertz CT molecular complexity index is 617. The minimum atomic E-state index is -0.0261. The number of nitrogens with two attached hydrogens (primary N) is 1. The zero-order valence-corrected chi connectivity index (χ0v) is 13.9. The topological polar surface area (TPSA) is 26.0 Å². The fraction of sp³-hybridized carbons (Fsp3) is 0.333. The first-order chi connectivity index (χ1) is 9.66. The monoisotopic (exact) mass is 377 g/mol. The van der Waals surface area contributed by atoms with Gasteiger partial charge in [-0.2, -0.15) is 0 Å². The Morgan fingerprint density at radius 3 is 2.60 bits per heavy atom. The summed E-state index contributed by atoms with van der Waals surface area (Å²) in [6, 6.07) is 15.2. The molecule has 1 aliphatic carbocycles. The van der Waals surface area contributed by atoms with Crippen LogP contribution in [-0.4, -0.2) is 0 Å². The van der Waals surface area contributed by atoms with E-state index in [2.05, 4.69) is 72.0 Å². The largest absolute Gasteiger partial charge is 0.320 e. The lowest BCUT2D eigenvalue weighted by molar-refractivity contribution is 0.419. The van der Waals surface area contributed by atoms with E-state index in [0.717, 1.165) is 5.92 Å². The van der Waals surface area contributed by atoms with Crippen LogP contribution in [0.5, 0.6) is 0 Å². The molecule has 2 aromatic rings. The molecule has 0 amide bonds. The summed E-state index contributed by atoms with van der Waals surface area (Å²) in [4.78, 5) is 0. The predicted octanol–water partition coefficient (Wildman–Crippen LogP) is 4.92. The molecule has 0 saturated heterocycles. The highest BCUT2D eigenvalue weighted by Crippen LogP contribution is 2.37. The first-order valence-corrected chi connectivity index (χ1v) is 8.35. The molecule has 0 aliphatic heterocycles. The van der Waals surface area contributed by atoms with Crippen molar-refractivity contribution in [3.8, 4) is 0 Å². The molecular formula is C18H20IN. The highest BCUT2D eigenvalue weighted by atomic mass is 127. The van der Waals surface area contributed by atoms with Crippen molar-refractivity contribution in [2.75, 3.05) is 0 Å². The summed E-state index contributed by atoms with van der Waals surface area (Å²) in [5.41, 5.74) is 11.7. The molecule has 1 atom stereocenters. The second kappa shape index (κ2) is 5.86. The molecule has 20 heavy (non-hydrogen) atoms. The summed E-state index contributed by atoms with van der Waals surface area (Å²) >= 11 is 2.41. The Hall–Kier alpha value is -0.870. The molecule has 1 unspecified atom stereocenters. The van der Waals surface area contributed by atoms with Crippen LogP contribution in [0.2, 0.25) is 0 Å². The summed E-state index contributed by atoms with van der Waals surface area (Å²) in [5.74, 6) is 0.763. The second-order valence-corrected chi connectivity index (χ2v) is 6.83. The van der Waals surface area contributed by atoms with E-state index < -0.39 is 0 Å². The molecule has 2 aromatic carbocycles. The third-order valence-electron chi connectivity index (χ3n) is 4.40. The first kappa shape index (κ1) is 14.1. The van der Waals surface area contributed by atoms with E-state index >= 15 is 0 Å². The summed E-state index contributed by atoms with van der Waals surface area (Å²) in [5, 5.41) is 0. The number of halogens is 1. The van der Waals surface area contributed by atoms with Gasteiger partial charge in [0.25, 0.3) is 0 Å². The quantitative estimate of drug-likeness (QED) is 0.756. The minimum Gasteiger partial charge on any atom is -0.320 e. The fourth-order valence-electron chi connectivity index (χ4n) is 2.84. The molecule has 0 aromatic heterocycles. The Balaban J connectivity index is 1.93. The Morgan fingerprint density at radius 2 is 1.90 bits per heavy atom. The van der Waals surface area contributed by atoms with E-state index in [9.17, 15) is 0 Å². The van der Waals surface area contributed by atoms with Crippen molar-refractivity contribution in [3.63, 3.8) is 0 Å². The third kappa shape index (κ3) is 2.63. The van der Waals surface area contributed by atoms with Gasteiger partial charge in [-0.25, -0.2) is 0 Å². The standard InChI is InChI=1S/C18H20IN/c1-12-5-2-10-16(17(12)19)18(20)15-9-4-8-14(11-15)13-6-3-7-13/h2,4-5,8-11,13,18H,3,6-7,20H2,1H3. The number of hydrogen-bond acceptors (Lipinski definition) is 1. The van der Waals surface area contributed by atoms with Crippen molar-refractivity contribution in [2.24, 2.45) is 5.73 Å². The number of rotatable bonds is 3. The highest BCUT2D eigenvalue weighted by Gasteiger charge is 2.21. The molecule has 3 rings (SSSR count). The normalized spacial score (nSPS) is 16.8. The van der Waals surface area contributed by atoms with Gasteiger partial charge in [-0.3, -0.25) is 0 Å². The summed E-state index contributed by atoms with van der Waals surface area (Å²) in [7, 11) is 0. The van der Waals surface area contributed by atoms with Gasteiger partial charge in [-0.05, 0) is 70.5 Å². The molecule has 1 fully saturated rings. The Labute approximate surface area is 134 Å². The first-order valence-electron chi connectivity index (χ1n) is 7.27. The van der Waals surface area contributed by atoms with Crippen LogP contribution in [0.4, 0.5) is 0 Å². The van der Waals surface area contributed by atoms with Gasteiger partial charge in [0.1, 0.15) is 0 Å². The molecule has 1 aliphatic rings. The van der Waals surface area contributed by atoms with E-state index in [1.165, 1.54) is 45.1 Å². The lowest BCUT2D eigenvalue weighted by Gasteiger charge is -2.27. The van der Waals surface area contributed by atoms with Crippen molar-refractivity contribution in [3.05, 3.63) is 68.3 Å². The molecule has 1 nitrogen and oxygen atoms in total. The lowest BCUT2D eigenvalue weighted by Crippen LogP contribution is -2.15. The molecule has 104 valence electrons. The van der Waals surface area contributed by atoms with Crippen LogP contribution in [-0.2, 0) is 0 Å². The van der Waals surface area contributed by atoms with Gasteiger partial charge >= 0.3 is 0 Å². The van der Waals surface area contributed by atoms with Crippen LogP contribution in [0.25, 0.3) is 0 Å². The Morgan fingerprint density at radius 1 is 1.15 bits per heavy atom. The number of hydrogen-bond donors (Lipinski definition) is 1. The van der Waals surface area contributed by atoms with E-state index in [-0.39, 0.29) is 6.04 Å². The van der Waals surface area contributed by atoms with Gasteiger partial charge in [-0.1, -0.05) is 48.9 Å². The van der Waals surface area contributed by atoms with Gasteiger partial charge in [0.15, 0.2) is 0 Å².